The van der Waals surface area contributed by atoms with Gasteiger partial charge in [0.2, 0.25) is 10.0 Å². The van der Waals surface area contributed by atoms with Gasteiger partial charge in [0.25, 0.3) is 0 Å². The molecule has 0 spiro atoms. The molecule has 3 N–H and O–H groups in total. The van der Waals surface area contributed by atoms with E-state index in [1.54, 1.807) is 19.2 Å². The zero-order valence-corrected chi connectivity index (χ0v) is 13.7. The minimum absolute atomic E-state index is 0.0923. The summed E-state index contributed by atoms with van der Waals surface area (Å²) in [5.74, 6) is 0.392. The molecule has 0 aliphatic carbocycles. The van der Waals surface area contributed by atoms with Crippen molar-refractivity contribution >= 4 is 10.0 Å². The van der Waals surface area contributed by atoms with Crippen LogP contribution < -0.4 is 15.2 Å². The number of nitrogens with one attached hydrogen (secondary N) is 1. The first-order chi connectivity index (χ1) is 9.85. The maximum atomic E-state index is 12.6. The van der Waals surface area contributed by atoms with Gasteiger partial charge < -0.3 is 15.2 Å². The Morgan fingerprint density at radius 3 is 2.43 bits per heavy atom. The molecule has 7 heteroatoms. The summed E-state index contributed by atoms with van der Waals surface area (Å²) in [5.41, 5.74) is 6.30. The molecule has 120 valence electrons. The minimum atomic E-state index is -3.71. The van der Waals surface area contributed by atoms with Gasteiger partial charge in [-0.15, -0.1) is 0 Å². The summed E-state index contributed by atoms with van der Waals surface area (Å²) < 4.78 is 38.0. The largest absolute Gasteiger partial charge is 0.495 e. The number of methoxy groups -OCH3 is 2. The van der Waals surface area contributed by atoms with E-state index in [1.165, 1.54) is 13.2 Å². The summed E-state index contributed by atoms with van der Waals surface area (Å²) in [5, 5.41) is 0. The molecule has 1 aromatic carbocycles. The number of ether oxygens (including phenoxy) is 2. The second-order valence-electron chi connectivity index (χ2n) is 5.12. The lowest BCUT2D eigenvalue weighted by atomic mass is 10.1. The van der Waals surface area contributed by atoms with Crippen molar-refractivity contribution in [1.29, 1.82) is 0 Å². The highest BCUT2D eigenvalue weighted by atomic mass is 32.2. The molecule has 6 nitrogen and oxygen atoms in total. The van der Waals surface area contributed by atoms with Crippen molar-refractivity contribution in [2.75, 3.05) is 20.8 Å². The Hall–Kier alpha value is -1.15. The zero-order chi connectivity index (χ0) is 16.0. The van der Waals surface area contributed by atoms with Crippen LogP contribution in [0.15, 0.2) is 23.1 Å². The Labute approximate surface area is 126 Å². The highest BCUT2D eigenvalue weighted by molar-refractivity contribution is 7.89. The Balaban J connectivity index is 3.17. The third-order valence-electron chi connectivity index (χ3n) is 3.21. The molecule has 1 aromatic rings. The van der Waals surface area contributed by atoms with E-state index in [2.05, 4.69) is 4.72 Å². The van der Waals surface area contributed by atoms with E-state index in [-0.39, 0.29) is 23.4 Å². The molecule has 0 amide bonds. The lowest BCUT2D eigenvalue weighted by Crippen LogP contribution is -2.41. The molecular weight excluding hydrogens is 292 g/mol. The summed E-state index contributed by atoms with van der Waals surface area (Å²) in [4.78, 5) is 0.0923. The van der Waals surface area contributed by atoms with Crippen LogP contribution >= 0.6 is 0 Å². The van der Waals surface area contributed by atoms with Crippen LogP contribution in [0.1, 0.15) is 19.4 Å². The smallest absolute Gasteiger partial charge is 0.244 e. The van der Waals surface area contributed by atoms with Crippen LogP contribution in [0.2, 0.25) is 0 Å². The second kappa shape index (κ2) is 7.74. The molecule has 0 aliphatic rings. The third kappa shape index (κ3) is 4.67. The highest BCUT2D eigenvalue weighted by Gasteiger charge is 2.25. The molecule has 0 aromatic heterocycles. The predicted molar refractivity (Wildman–Crippen MR) is 81.7 cm³/mol. The summed E-state index contributed by atoms with van der Waals surface area (Å²) in [6.45, 7) is 4.42. The Morgan fingerprint density at radius 1 is 1.29 bits per heavy atom. The average molecular weight is 316 g/mol. The summed E-state index contributed by atoms with van der Waals surface area (Å²) in [7, 11) is -0.736. The second-order valence-corrected chi connectivity index (χ2v) is 6.80. The van der Waals surface area contributed by atoms with Crippen molar-refractivity contribution in [3.8, 4) is 5.75 Å². The molecule has 0 bridgehead atoms. The zero-order valence-electron chi connectivity index (χ0n) is 12.9. The van der Waals surface area contributed by atoms with Gasteiger partial charge in [-0.3, -0.25) is 0 Å². The minimum Gasteiger partial charge on any atom is -0.495 e. The number of rotatable bonds is 8. The summed E-state index contributed by atoms with van der Waals surface area (Å²) in [6, 6.07) is 4.57. The molecule has 0 fully saturated rings. The van der Waals surface area contributed by atoms with E-state index in [0.29, 0.717) is 12.4 Å². The van der Waals surface area contributed by atoms with Crippen molar-refractivity contribution in [2.24, 2.45) is 11.7 Å². The molecule has 1 atom stereocenters. The molecule has 1 rings (SSSR count). The monoisotopic (exact) mass is 316 g/mol. The Kier molecular flexibility index (Phi) is 6.60. The van der Waals surface area contributed by atoms with Crippen LogP contribution in [-0.2, 0) is 21.3 Å². The van der Waals surface area contributed by atoms with Gasteiger partial charge in [0.1, 0.15) is 10.6 Å². The summed E-state index contributed by atoms with van der Waals surface area (Å²) in [6.07, 6.45) is 0. The van der Waals surface area contributed by atoms with Crippen LogP contribution in [0.5, 0.6) is 5.75 Å². The predicted octanol–water partition coefficient (Wildman–Crippen LogP) is 1.10. The fourth-order valence-corrected chi connectivity index (χ4v) is 3.45. The quantitative estimate of drug-likeness (QED) is 0.749. The van der Waals surface area contributed by atoms with Crippen LogP contribution in [0.3, 0.4) is 0 Å². The van der Waals surface area contributed by atoms with Crippen LogP contribution in [0, 0.1) is 5.92 Å². The third-order valence-corrected chi connectivity index (χ3v) is 4.72. The van der Waals surface area contributed by atoms with E-state index in [0.717, 1.165) is 5.56 Å². The van der Waals surface area contributed by atoms with Crippen LogP contribution in [0.25, 0.3) is 0 Å². The molecule has 21 heavy (non-hydrogen) atoms. The van der Waals surface area contributed by atoms with Gasteiger partial charge in [-0.25, -0.2) is 13.1 Å². The first-order valence-electron chi connectivity index (χ1n) is 6.74. The first-order valence-corrected chi connectivity index (χ1v) is 8.22. The van der Waals surface area contributed by atoms with Gasteiger partial charge >= 0.3 is 0 Å². The van der Waals surface area contributed by atoms with Crippen molar-refractivity contribution in [1.82, 2.24) is 4.72 Å². The molecule has 0 saturated carbocycles. The Bertz CT molecular complexity index is 558. The van der Waals surface area contributed by atoms with Gasteiger partial charge in [-0.2, -0.15) is 0 Å². The number of hydrogen-bond donors (Lipinski definition) is 2. The molecule has 1 unspecified atom stereocenters. The maximum absolute atomic E-state index is 12.6. The normalized spacial score (nSPS) is 13.4. The van der Waals surface area contributed by atoms with E-state index in [9.17, 15) is 8.42 Å². The van der Waals surface area contributed by atoms with Gasteiger partial charge in [-0.05, 0) is 23.6 Å². The molecule has 0 radical (unpaired) electrons. The van der Waals surface area contributed by atoms with Crippen LogP contribution in [0.4, 0.5) is 0 Å². The SMILES string of the molecule is COCC(NS(=O)(=O)c1cc(CN)ccc1OC)C(C)C. The fraction of sp³-hybridized carbons (Fsp3) is 0.571. The van der Waals surface area contributed by atoms with E-state index in [1.807, 2.05) is 13.8 Å². The highest BCUT2D eigenvalue weighted by Crippen LogP contribution is 2.25. The van der Waals surface area contributed by atoms with E-state index >= 15 is 0 Å². The number of benzene rings is 1. The number of sulfonamides is 1. The van der Waals surface area contributed by atoms with Crippen LogP contribution in [-0.4, -0.2) is 35.3 Å². The first kappa shape index (κ1) is 17.9. The topological polar surface area (TPSA) is 90.7 Å². The van der Waals surface area contributed by atoms with Gasteiger partial charge in [0, 0.05) is 19.7 Å². The number of nitrogens with two attached hydrogens (primary N) is 1. The number of hydrogen-bond acceptors (Lipinski definition) is 5. The Morgan fingerprint density at radius 2 is 1.95 bits per heavy atom. The fourth-order valence-electron chi connectivity index (χ4n) is 1.86. The van der Waals surface area contributed by atoms with E-state index in [4.69, 9.17) is 15.2 Å². The molecule has 0 heterocycles. The molecule has 0 saturated heterocycles. The van der Waals surface area contributed by atoms with Crippen molar-refractivity contribution in [2.45, 2.75) is 31.3 Å². The van der Waals surface area contributed by atoms with Gasteiger partial charge in [-0.1, -0.05) is 19.9 Å². The van der Waals surface area contributed by atoms with Gasteiger partial charge in [0.15, 0.2) is 0 Å². The maximum Gasteiger partial charge on any atom is 0.244 e. The standard InChI is InChI=1S/C14H24N2O4S/c1-10(2)12(9-19-3)16-21(17,18)14-7-11(8-15)5-6-13(14)20-4/h5-7,10,12,16H,8-9,15H2,1-4H3. The van der Waals surface area contributed by atoms with E-state index < -0.39 is 10.0 Å². The summed E-state index contributed by atoms with van der Waals surface area (Å²) >= 11 is 0. The van der Waals surface area contributed by atoms with Crippen molar-refractivity contribution in [3.63, 3.8) is 0 Å². The molecule has 0 aliphatic heterocycles. The lowest BCUT2D eigenvalue weighted by molar-refractivity contribution is 0.157. The lowest BCUT2D eigenvalue weighted by Gasteiger charge is -2.22. The van der Waals surface area contributed by atoms with Crippen molar-refractivity contribution in [3.05, 3.63) is 23.8 Å². The van der Waals surface area contributed by atoms with Gasteiger partial charge in [0.05, 0.1) is 13.7 Å². The van der Waals surface area contributed by atoms with Crippen molar-refractivity contribution < 1.29 is 17.9 Å². The average Bonchev–Trinajstić information content (AvgIpc) is 2.45. The molecular formula is C14H24N2O4S.